The lowest BCUT2D eigenvalue weighted by Gasteiger charge is -2.26. The molecule has 104 valence electrons. The molecule has 0 amide bonds. The molecule has 1 aromatic heterocycles. The molecule has 2 N–H and O–H groups in total. The summed E-state index contributed by atoms with van der Waals surface area (Å²) < 4.78 is 26.4. The van der Waals surface area contributed by atoms with Crippen LogP contribution in [0.4, 0.5) is 8.78 Å². The Bertz CT molecular complexity index is 640. The van der Waals surface area contributed by atoms with Crippen molar-refractivity contribution < 1.29 is 8.78 Å². The molecule has 3 rings (SSSR count). The van der Waals surface area contributed by atoms with E-state index in [1.54, 1.807) is 17.4 Å². The Morgan fingerprint density at radius 1 is 1.30 bits per heavy atom. The standard InChI is InChI=1S/C14H13F2N3S/c15-11-4-3-9(6-12(11)16)13-7-18-14(17)19(13)8-10-2-1-5-20-10/h1-6,13H,7-8H2,(H2,17,18). The van der Waals surface area contributed by atoms with E-state index in [0.717, 1.165) is 10.9 Å². The van der Waals surface area contributed by atoms with E-state index in [4.69, 9.17) is 5.73 Å². The molecule has 1 aliphatic rings. The average molecular weight is 293 g/mol. The van der Waals surface area contributed by atoms with E-state index in [1.165, 1.54) is 6.07 Å². The van der Waals surface area contributed by atoms with Crippen molar-refractivity contribution in [1.82, 2.24) is 4.90 Å². The van der Waals surface area contributed by atoms with Crippen molar-refractivity contribution in [1.29, 1.82) is 0 Å². The number of hydrogen-bond donors (Lipinski definition) is 1. The van der Waals surface area contributed by atoms with Gasteiger partial charge in [0.2, 0.25) is 0 Å². The van der Waals surface area contributed by atoms with Crippen molar-refractivity contribution in [3.05, 3.63) is 57.8 Å². The van der Waals surface area contributed by atoms with Crippen LogP contribution in [0.25, 0.3) is 0 Å². The van der Waals surface area contributed by atoms with E-state index in [0.29, 0.717) is 24.6 Å². The molecular formula is C14H13F2N3S. The van der Waals surface area contributed by atoms with Gasteiger partial charge in [-0.3, -0.25) is 4.99 Å². The highest BCUT2D eigenvalue weighted by Gasteiger charge is 2.28. The van der Waals surface area contributed by atoms with Gasteiger partial charge in [0.05, 0.1) is 19.1 Å². The summed E-state index contributed by atoms with van der Waals surface area (Å²) in [6.45, 7) is 1.08. The van der Waals surface area contributed by atoms with Gasteiger partial charge in [0, 0.05) is 4.88 Å². The molecule has 1 atom stereocenters. The van der Waals surface area contributed by atoms with Crippen LogP contribution in [-0.2, 0) is 6.54 Å². The number of halogens is 2. The molecule has 6 heteroatoms. The third kappa shape index (κ3) is 2.38. The molecule has 0 saturated carbocycles. The van der Waals surface area contributed by atoms with E-state index < -0.39 is 11.6 Å². The van der Waals surface area contributed by atoms with Crippen LogP contribution < -0.4 is 5.73 Å². The van der Waals surface area contributed by atoms with E-state index >= 15 is 0 Å². The number of aliphatic imine (C=N–C) groups is 1. The van der Waals surface area contributed by atoms with Crippen LogP contribution in [-0.4, -0.2) is 17.4 Å². The fraction of sp³-hybridized carbons (Fsp3) is 0.214. The summed E-state index contributed by atoms with van der Waals surface area (Å²) in [6, 6.07) is 7.78. The lowest BCUT2D eigenvalue weighted by molar-refractivity contribution is 0.341. The largest absolute Gasteiger partial charge is 0.370 e. The highest BCUT2D eigenvalue weighted by Crippen LogP contribution is 2.29. The van der Waals surface area contributed by atoms with Gasteiger partial charge in [-0.25, -0.2) is 8.78 Å². The second-order valence-electron chi connectivity index (χ2n) is 4.60. The van der Waals surface area contributed by atoms with Gasteiger partial charge in [0.15, 0.2) is 17.6 Å². The minimum Gasteiger partial charge on any atom is -0.370 e. The first-order valence-electron chi connectivity index (χ1n) is 6.19. The molecular weight excluding hydrogens is 280 g/mol. The Labute approximate surface area is 119 Å². The van der Waals surface area contributed by atoms with Crippen LogP contribution in [0.3, 0.4) is 0 Å². The predicted molar refractivity (Wildman–Crippen MR) is 75.5 cm³/mol. The maximum atomic E-state index is 13.4. The summed E-state index contributed by atoms with van der Waals surface area (Å²) >= 11 is 1.63. The number of guanidine groups is 1. The van der Waals surface area contributed by atoms with Gasteiger partial charge in [-0.05, 0) is 29.1 Å². The summed E-state index contributed by atoms with van der Waals surface area (Å²) in [5, 5.41) is 1.99. The van der Waals surface area contributed by atoms with Gasteiger partial charge in [-0.1, -0.05) is 12.1 Å². The van der Waals surface area contributed by atoms with Crippen LogP contribution >= 0.6 is 11.3 Å². The molecule has 1 aromatic carbocycles. The molecule has 0 fully saturated rings. The second-order valence-corrected chi connectivity index (χ2v) is 5.63. The van der Waals surface area contributed by atoms with Gasteiger partial charge in [-0.2, -0.15) is 0 Å². The lowest BCUT2D eigenvalue weighted by Crippen LogP contribution is -2.35. The van der Waals surface area contributed by atoms with E-state index in [2.05, 4.69) is 4.99 Å². The van der Waals surface area contributed by atoms with E-state index in [9.17, 15) is 8.78 Å². The minimum atomic E-state index is -0.843. The molecule has 20 heavy (non-hydrogen) atoms. The van der Waals surface area contributed by atoms with Crippen LogP contribution in [0.2, 0.25) is 0 Å². The molecule has 2 aromatic rings. The van der Waals surface area contributed by atoms with Gasteiger partial charge in [-0.15, -0.1) is 11.3 Å². The SMILES string of the molecule is NC1=NCC(c2ccc(F)c(F)c2)N1Cc1cccs1. The molecule has 0 saturated heterocycles. The van der Waals surface area contributed by atoms with Crippen molar-refractivity contribution in [3.8, 4) is 0 Å². The summed E-state index contributed by atoms with van der Waals surface area (Å²) in [6.07, 6.45) is 0. The molecule has 0 spiro atoms. The van der Waals surface area contributed by atoms with Crippen LogP contribution in [0.1, 0.15) is 16.5 Å². The van der Waals surface area contributed by atoms with Crippen LogP contribution in [0.15, 0.2) is 40.7 Å². The zero-order chi connectivity index (χ0) is 14.1. The van der Waals surface area contributed by atoms with Crippen molar-refractivity contribution in [2.75, 3.05) is 6.54 Å². The first kappa shape index (κ1) is 13.1. The predicted octanol–water partition coefficient (Wildman–Crippen LogP) is 2.90. The van der Waals surface area contributed by atoms with Gasteiger partial charge in [0.1, 0.15) is 0 Å². The smallest absolute Gasteiger partial charge is 0.192 e. The summed E-state index contributed by atoms with van der Waals surface area (Å²) in [5.41, 5.74) is 6.59. The van der Waals surface area contributed by atoms with Crippen molar-refractivity contribution >= 4 is 17.3 Å². The first-order chi connectivity index (χ1) is 9.65. The van der Waals surface area contributed by atoms with Crippen LogP contribution in [0, 0.1) is 11.6 Å². The molecule has 3 nitrogen and oxygen atoms in total. The van der Waals surface area contributed by atoms with Crippen molar-refractivity contribution in [2.45, 2.75) is 12.6 Å². The maximum absolute atomic E-state index is 13.4. The van der Waals surface area contributed by atoms with E-state index in [1.807, 2.05) is 22.4 Å². The number of nitrogens with two attached hydrogens (primary N) is 1. The molecule has 2 heterocycles. The number of hydrogen-bond acceptors (Lipinski definition) is 4. The second kappa shape index (κ2) is 5.20. The van der Waals surface area contributed by atoms with Crippen molar-refractivity contribution in [3.63, 3.8) is 0 Å². The Kier molecular flexibility index (Phi) is 3.40. The Balaban J connectivity index is 1.86. The van der Waals surface area contributed by atoms with Gasteiger partial charge < -0.3 is 10.6 Å². The summed E-state index contributed by atoms with van der Waals surface area (Å²) in [5.74, 6) is -1.25. The number of nitrogens with zero attached hydrogens (tertiary/aromatic N) is 2. The monoisotopic (exact) mass is 293 g/mol. The highest BCUT2D eigenvalue weighted by atomic mass is 32.1. The molecule has 1 aliphatic heterocycles. The van der Waals surface area contributed by atoms with E-state index in [-0.39, 0.29) is 6.04 Å². The number of rotatable bonds is 3. The normalized spacial score (nSPS) is 18.4. The lowest BCUT2D eigenvalue weighted by atomic mass is 10.1. The fourth-order valence-electron chi connectivity index (χ4n) is 2.30. The van der Waals surface area contributed by atoms with Crippen molar-refractivity contribution in [2.24, 2.45) is 10.7 Å². The summed E-state index contributed by atoms with van der Waals surface area (Å²) in [4.78, 5) is 7.28. The third-order valence-corrected chi connectivity index (χ3v) is 4.19. The zero-order valence-electron chi connectivity index (χ0n) is 10.6. The molecule has 1 unspecified atom stereocenters. The molecule has 0 aliphatic carbocycles. The number of benzene rings is 1. The minimum absolute atomic E-state index is 0.146. The molecule has 0 radical (unpaired) electrons. The van der Waals surface area contributed by atoms with Crippen LogP contribution in [0.5, 0.6) is 0 Å². The molecule has 0 bridgehead atoms. The maximum Gasteiger partial charge on any atom is 0.192 e. The highest BCUT2D eigenvalue weighted by molar-refractivity contribution is 7.09. The quantitative estimate of drug-likeness (QED) is 0.945. The van der Waals surface area contributed by atoms with Gasteiger partial charge >= 0.3 is 0 Å². The third-order valence-electron chi connectivity index (χ3n) is 3.33. The zero-order valence-corrected chi connectivity index (χ0v) is 11.4. The average Bonchev–Trinajstić information content (AvgIpc) is 3.05. The Morgan fingerprint density at radius 3 is 2.85 bits per heavy atom. The summed E-state index contributed by atoms with van der Waals surface area (Å²) in [7, 11) is 0. The first-order valence-corrected chi connectivity index (χ1v) is 7.07. The number of thiophene rings is 1. The Hall–Kier alpha value is -1.95. The Morgan fingerprint density at radius 2 is 2.15 bits per heavy atom. The van der Waals surface area contributed by atoms with Gasteiger partial charge in [0.25, 0.3) is 0 Å². The topological polar surface area (TPSA) is 41.6 Å². The fourth-order valence-corrected chi connectivity index (χ4v) is 3.00.